The van der Waals surface area contributed by atoms with Crippen LogP contribution in [0.1, 0.15) is 40.0 Å². The number of carbonyl (C=O) groups is 4. The summed E-state index contributed by atoms with van der Waals surface area (Å²) in [5.41, 5.74) is 0.366. The number of cyclic esters (lactones) is 1. The molecule has 1 saturated heterocycles. The summed E-state index contributed by atoms with van der Waals surface area (Å²) in [6, 6.07) is 22.2. The van der Waals surface area contributed by atoms with Crippen molar-refractivity contribution in [3.8, 4) is 5.75 Å². The lowest BCUT2D eigenvalue weighted by atomic mass is 9.91. The average molecular weight is 501 g/mol. The van der Waals surface area contributed by atoms with Gasteiger partial charge < -0.3 is 14.8 Å². The maximum atomic E-state index is 13.8. The van der Waals surface area contributed by atoms with Crippen molar-refractivity contribution in [1.29, 1.82) is 0 Å². The molecule has 3 amide bonds. The molecule has 37 heavy (non-hydrogen) atoms. The number of Topliss-reactive ketones (excluding diaryl/α,β-unsaturated/α-hetero) is 1. The summed E-state index contributed by atoms with van der Waals surface area (Å²) in [5.74, 6) is -1.50. The molecule has 2 atom stereocenters. The Morgan fingerprint density at radius 2 is 1.65 bits per heavy atom. The van der Waals surface area contributed by atoms with Gasteiger partial charge in [-0.2, -0.15) is 0 Å². The third-order valence-electron chi connectivity index (χ3n) is 6.37. The third-order valence-corrected chi connectivity index (χ3v) is 6.37. The van der Waals surface area contributed by atoms with Crippen molar-refractivity contribution >= 4 is 23.7 Å². The van der Waals surface area contributed by atoms with E-state index in [2.05, 4.69) is 5.32 Å². The third kappa shape index (κ3) is 5.23. The fourth-order valence-electron chi connectivity index (χ4n) is 4.38. The van der Waals surface area contributed by atoms with E-state index in [4.69, 9.17) is 9.47 Å². The predicted molar refractivity (Wildman–Crippen MR) is 136 cm³/mol. The first-order valence-corrected chi connectivity index (χ1v) is 11.9. The van der Waals surface area contributed by atoms with Crippen LogP contribution in [0.25, 0.3) is 0 Å². The highest BCUT2D eigenvalue weighted by Crippen LogP contribution is 2.35. The molecule has 0 aliphatic carbocycles. The molecule has 1 aliphatic rings. The molecule has 1 heterocycles. The molecule has 3 aromatic rings. The lowest BCUT2D eigenvalue weighted by Crippen LogP contribution is -2.55. The molecule has 1 aliphatic heterocycles. The summed E-state index contributed by atoms with van der Waals surface area (Å²) >= 11 is 0. The molecule has 3 aromatic carbocycles. The molecular formula is C29H28N2O6. The van der Waals surface area contributed by atoms with Crippen molar-refractivity contribution in [3.05, 3.63) is 101 Å². The maximum Gasteiger partial charge on any atom is 0.418 e. The lowest BCUT2D eigenvalue weighted by molar-refractivity contribution is -0.149. The number of nitrogens with zero attached hydrogens (tertiary/aromatic N) is 1. The second-order valence-corrected chi connectivity index (χ2v) is 8.96. The standard InChI is InChI=1S/C29H28N2O6/c1-19-14-23(16-24(15-19)36-3)25(32)18-30-26(33)29(17-21-10-6-4-7-11-21)27(34)31(28(35)37-29)20(2)22-12-8-5-9-13-22/h4-16,20H,17-18H2,1-3H3,(H,30,33)/t20-,29-/m1/s1. The smallest absolute Gasteiger partial charge is 0.418 e. The van der Waals surface area contributed by atoms with Gasteiger partial charge >= 0.3 is 6.09 Å². The zero-order valence-electron chi connectivity index (χ0n) is 20.9. The van der Waals surface area contributed by atoms with Gasteiger partial charge in [-0.15, -0.1) is 0 Å². The van der Waals surface area contributed by atoms with Gasteiger partial charge in [0.15, 0.2) is 5.78 Å². The number of imide groups is 1. The molecule has 1 N–H and O–H groups in total. The largest absolute Gasteiger partial charge is 0.497 e. The predicted octanol–water partition coefficient (Wildman–Crippen LogP) is 4.02. The number of hydrogen-bond acceptors (Lipinski definition) is 6. The van der Waals surface area contributed by atoms with E-state index in [9.17, 15) is 19.2 Å². The first-order chi connectivity index (χ1) is 17.7. The maximum absolute atomic E-state index is 13.8. The van der Waals surface area contributed by atoms with Crippen molar-refractivity contribution in [2.45, 2.75) is 31.9 Å². The zero-order chi connectivity index (χ0) is 26.6. The Balaban J connectivity index is 1.61. The van der Waals surface area contributed by atoms with Crippen LogP contribution in [0.2, 0.25) is 0 Å². The summed E-state index contributed by atoms with van der Waals surface area (Å²) < 4.78 is 10.8. The Kier molecular flexibility index (Phi) is 7.38. The molecular weight excluding hydrogens is 472 g/mol. The number of ether oxygens (including phenoxy) is 2. The Morgan fingerprint density at radius 3 is 2.30 bits per heavy atom. The van der Waals surface area contributed by atoms with E-state index in [1.165, 1.54) is 7.11 Å². The molecule has 1 fully saturated rings. The second kappa shape index (κ2) is 10.7. The molecule has 0 unspecified atom stereocenters. The number of benzene rings is 3. The molecule has 8 heteroatoms. The van der Waals surface area contributed by atoms with Crippen LogP contribution in [0.3, 0.4) is 0 Å². The molecule has 4 rings (SSSR count). The van der Waals surface area contributed by atoms with Crippen LogP contribution in [-0.2, 0) is 20.7 Å². The van der Waals surface area contributed by atoms with E-state index >= 15 is 0 Å². The minimum Gasteiger partial charge on any atom is -0.497 e. The van der Waals surface area contributed by atoms with Gasteiger partial charge in [0.05, 0.1) is 19.7 Å². The van der Waals surface area contributed by atoms with Gasteiger partial charge in [-0.3, -0.25) is 14.4 Å². The molecule has 0 aromatic heterocycles. The lowest BCUT2D eigenvalue weighted by Gasteiger charge is -2.25. The summed E-state index contributed by atoms with van der Waals surface area (Å²) in [7, 11) is 1.50. The Morgan fingerprint density at radius 1 is 1.00 bits per heavy atom. The van der Waals surface area contributed by atoms with E-state index in [0.29, 0.717) is 22.4 Å². The molecule has 0 bridgehead atoms. The van der Waals surface area contributed by atoms with Gasteiger partial charge in [-0.05, 0) is 48.7 Å². The van der Waals surface area contributed by atoms with E-state index in [0.717, 1.165) is 10.5 Å². The van der Waals surface area contributed by atoms with Gasteiger partial charge in [0.2, 0.25) is 0 Å². The van der Waals surface area contributed by atoms with Crippen LogP contribution in [0, 0.1) is 6.92 Å². The van der Waals surface area contributed by atoms with Gasteiger partial charge in [-0.25, -0.2) is 9.69 Å². The fourth-order valence-corrected chi connectivity index (χ4v) is 4.38. The monoisotopic (exact) mass is 500 g/mol. The second-order valence-electron chi connectivity index (χ2n) is 8.96. The van der Waals surface area contributed by atoms with Crippen molar-refractivity contribution in [1.82, 2.24) is 10.2 Å². The number of rotatable bonds is 9. The van der Waals surface area contributed by atoms with Crippen molar-refractivity contribution < 1.29 is 28.7 Å². The van der Waals surface area contributed by atoms with Crippen LogP contribution in [0.15, 0.2) is 78.9 Å². The SMILES string of the molecule is COc1cc(C)cc(C(=O)CNC(=O)[C@@]2(Cc3ccccc3)OC(=O)N([C@H](C)c3ccccc3)C2=O)c1. The summed E-state index contributed by atoms with van der Waals surface area (Å²) in [4.78, 5) is 54.1. The van der Waals surface area contributed by atoms with Gasteiger partial charge in [0.1, 0.15) is 5.75 Å². The highest BCUT2D eigenvalue weighted by molar-refractivity contribution is 6.18. The minimum absolute atomic E-state index is 0.172. The Hall–Kier alpha value is -4.46. The number of hydrogen-bond donors (Lipinski definition) is 1. The van der Waals surface area contributed by atoms with Crippen molar-refractivity contribution in [3.63, 3.8) is 0 Å². The first kappa shape index (κ1) is 25.6. The van der Waals surface area contributed by atoms with Crippen LogP contribution >= 0.6 is 0 Å². The number of ketones is 1. The number of carbonyl (C=O) groups excluding carboxylic acids is 4. The van der Waals surface area contributed by atoms with Crippen molar-refractivity contribution in [2.24, 2.45) is 0 Å². The van der Waals surface area contributed by atoms with E-state index in [1.54, 1.807) is 79.7 Å². The highest BCUT2D eigenvalue weighted by Gasteiger charge is 2.60. The zero-order valence-corrected chi connectivity index (χ0v) is 20.9. The van der Waals surface area contributed by atoms with Crippen molar-refractivity contribution in [2.75, 3.05) is 13.7 Å². The van der Waals surface area contributed by atoms with Crippen LogP contribution in [-0.4, -0.2) is 47.8 Å². The van der Waals surface area contributed by atoms with Gasteiger partial charge in [-0.1, -0.05) is 60.7 Å². The summed E-state index contributed by atoms with van der Waals surface area (Å²) in [5, 5.41) is 2.54. The first-order valence-electron chi connectivity index (χ1n) is 11.9. The van der Waals surface area contributed by atoms with Crippen LogP contribution in [0.4, 0.5) is 4.79 Å². The van der Waals surface area contributed by atoms with Gasteiger partial charge in [0.25, 0.3) is 17.4 Å². The number of methoxy groups -OCH3 is 1. The fraction of sp³-hybridized carbons (Fsp3) is 0.241. The van der Waals surface area contributed by atoms with Crippen LogP contribution in [0.5, 0.6) is 5.75 Å². The average Bonchev–Trinajstić information content (AvgIpc) is 3.16. The topological polar surface area (TPSA) is 102 Å². The summed E-state index contributed by atoms with van der Waals surface area (Å²) in [6.07, 6.45) is -1.09. The number of nitrogens with one attached hydrogen (secondary N) is 1. The van der Waals surface area contributed by atoms with Gasteiger partial charge in [0, 0.05) is 12.0 Å². The van der Waals surface area contributed by atoms with E-state index < -0.39 is 29.6 Å². The molecule has 190 valence electrons. The molecule has 0 radical (unpaired) electrons. The van der Waals surface area contributed by atoms with Crippen LogP contribution < -0.4 is 10.1 Å². The Labute approximate surface area is 215 Å². The molecule has 0 spiro atoms. The van der Waals surface area contributed by atoms with E-state index in [1.807, 2.05) is 13.0 Å². The summed E-state index contributed by atoms with van der Waals surface area (Å²) in [6.45, 7) is 3.13. The van der Waals surface area contributed by atoms with E-state index in [-0.39, 0.29) is 18.7 Å². The Bertz CT molecular complexity index is 1320. The number of amides is 3. The highest BCUT2D eigenvalue weighted by atomic mass is 16.6. The minimum atomic E-state index is -2.15. The molecule has 0 saturated carbocycles. The molecule has 8 nitrogen and oxygen atoms in total. The quantitative estimate of drug-likeness (QED) is 0.352. The number of aryl methyl sites for hydroxylation is 1. The normalized spacial score (nSPS) is 17.8.